The largest absolute Gasteiger partial charge is 0.462 e. The molecule has 0 unspecified atom stereocenters. The molecular weight excluding hydrogens is 280 g/mol. The average molecular weight is 296 g/mol. The van der Waals surface area contributed by atoms with Crippen LogP contribution in [0, 0.1) is 6.92 Å². The Morgan fingerprint density at radius 3 is 3.09 bits per heavy atom. The Morgan fingerprint density at radius 1 is 1.41 bits per heavy atom. The van der Waals surface area contributed by atoms with E-state index in [1.807, 2.05) is 19.1 Å². The second-order valence-electron chi connectivity index (χ2n) is 4.93. The van der Waals surface area contributed by atoms with Gasteiger partial charge in [0.1, 0.15) is 0 Å². The summed E-state index contributed by atoms with van der Waals surface area (Å²) in [7, 11) is 0. The van der Waals surface area contributed by atoms with E-state index in [1.54, 1.807) is 24.0 Å². The molecule has 112 valence electrons. The number of esters is 1. The lowest BCUT2D eigenvalue weighted by Crippen LogP contribution is -2.05. The highest BCUT2D eigenvalue weighted by Crippen LogP contribution is 2.15. The van der Waals surface area contributed by atoms with E-state index < -0.39 is 0 Å². The summed E-state index contributed by atoms with van der Waals surface area (Å²) in [5.74, 6) is -0.355. The third-order valence-corrected chi connectivity index (χ3v) is 3.36. The summed E-state index contributed by atoms with van der Waals surface area (Å²) in [6, 6.07) is 5.91. The lowest BCUT2D eigenvalue weighted by Gasteiger charge is -2.07. The molecule has 6 heteroatoms. The van der Waals surface area contributed by atoms with E-state index in [0.29, 0.717) is 18.7 Å². The molecule has 0 aromatic carbocycles. The molecule has 0 spiro atoms. The van der Waals surface area contributed by atoms with Crippen molar-refractivity contribution in [3.8, 4) is 0 Å². The van der Waals surface area contributed by atoms with Gasteiger partial charge >= 0.3 is 5.97 Å². The predicted octanol–water partition coefficient (Wildman–Crippen LogP) is 2.36. The third kappa shape index (κ3) is 2.81. The van der Waals surface area contributed by atoms with Gasteiger partial charge in [0.05, 0.1) is 24.9 Å². The van der Waals surface area contributed by atoms with Gasteiger partial charge in [-0.25, -0.2) is 14.8 Å². The van der Waals surface area contributed by atoms with Crippen LogP contribution in [0.15, 0.2) is 36.8 Å². The summed E-state index contributed by atoms with van der Waals surface area (Å²) >= 11 is 0. The minimum atomic E-state index is -0.355. The summed E-state index contributed by atoms with van der Waals surface area (Å²) in [6.07, 6.45) is 4.93. The number of hydrogen-bond acceptors (Lipinski definition) is 5. The molecular formula is C16H16N4O2. The van der Waals surface area contributed by atoms with Crippen LogP contribution in [0.5, 0.6) is 0 Å². The van der Waals surface area contributed by atoms with Gasteiger partial charge in [0.15, 0.2) is 5.65 Å². The first-order chi connectivity index (χ1) is 10.7. The minimum Gasteiger partial charge on any atom is -0.462 e. The zero-order chi connectivity index (χ0) is 15.5. The van der Waals surface area contributed by atoms with Gasteiger partial charge in [-0.3, -0.25) is 4.68 Å². The van der Waals surface area contributed by atoms with E-state index in [2.05, 4.69) is 21.1 Å². The van der Waals surface area contributed by atoms with Gasteiger partial charge in [0.2, 0.25) is 0 Å². The van der Waals surface area contributed by atoms with Crippen LogP contribution >= 0.6 is 0 Å². The summed E-state index contributed by atoms with van der Waals surface area (Å²) < 4.78 is 6.67. The molecule has 0 fully saturated rings. The third-order valence-electron chi connectivity index (χ3n) is 3.36. The molecule has 22 heavy (non-hydrogen) atoms. The van der Waals surface area contributed by atoms with Crippen molar-refractivity contribution in [2.45, 2.75) is 20.4 Å². The van der Waals surface area contributed by atoms with Gasteiger partial charge in [-0.05, 0) is 37.6 Å². The predicted molar refractivity (Wildman–Crippen MR) is 81.6 cm³/mol. The highest BCUT2D eigenvalue weighted by atomic mass is 16.5. The van der Waals surface area contributed by atoms with Crippen molar-refractivity contribution < 1.29 is 9.53 Å². The van der Waals surface area contributed by atoms with E-state index >= 15 is 0 Å². The van der Waals surface area contributed by atoms with Gasteiger partial charge in [-0.15, -0.1) is 0 Å². The van der Waals surface area contributed by atoms with E-state index in [1.165, 1.54) is 6.20 Å². The van der Waals surface area contributed by atoms with Crippen molar-refractivity contribution in [3.05, 3.63) is 53.6 Å². The highest BCUT2D eigenvalue weighted by molar-refractivity contribution is 5.88. The molecule has 0 bridgehead atoms. The van der Waals surface area contributed by atoms with Crippen molar-refractivity contribution in [2.24, 2.45) is 0 Å². The summed E-state index contributed by atoms with van der Waals surface area (Å²) in [4.78, 5) is 20.4. The van der Waals surface area contributed by atoms with Crippen LogP contribution in [0.2, 0.25) is 0 Å². The first-order valence-corrected chi connectivity index (χ1v) is 7.08. The Labute approximate surface area is 127 Å². The van der Waals surface area contributed by atoms with E-state index in [-0.39, 0.29) is 5.97 Å². The van der Waals surface area contributed by atoms with Gasteiger partial charge in [0.25, 0.3) is 0 Å². The molecule has 0 radical (unpaired) electrons. The maximum absolute atomic E-state index is 11.7. The number of nitrogens with zero attached hydrogens (tertiary/aromatic N) is 4. The topological polar surface area (TPSA) is 69.9 Å². The number of carbonyl (C=O) groups excluding carboxylic acids is 1. The first-order valence-electron chi connectivity index (χ1n) is 7.08. The molecule has 0 saturated carbocycles. The summed E-state index contributed by atoms with van der Waals surface area (Å²) in [5, 5.41) is 5.20. The molecule has 0 amide bonds. The Balaban J connectivity index is 1.87. The normalized spacial score (nSPS) is 10.8. The number of hydrogen-bond donors (Lipinski definition) is 0. The van der Waals surface area contributed by atoms with Gasteiger partial charge < -0.3 is 4.74 Å². The molecule has 0 saturated heterocycles. The second kappa shape index (κ2) is 5.93. The molecule has 0 aliphatic heterocycles. The molecule has 3 rings (SSSR count). The lowest BCUT2D eigenvalue weighted by atomic mass is 10.1. The van der Waals surface area contributed by atoms with E-state index in [9.17, 15) is 4.79 Å². The number of pyridine rings is 2. The van der Waals surface area contributed by atoms with Crippen molar-refractivity contribution in [3.63, 3.8) is 0 Å². The highest BCUT2D eigenvalue weighted by Gasteiger charge is 2.11. The van der Waals surface area contributed by atoms with Gasteiger partial charge in [-0.2, -0.15) is 5.10 Å². The number of aromatic nitrogens is 4. The monoisotopic (exact) mass is 296 g/mol. The number of rotatable bonds is 4. The zero-order valence-corrected chi connectivity index (χ0v) is 12.5. The van der Waals surface area contributed by atoms with Crippen molar-refractivity contribution in [1.82, 2.24) is 19.7 Å². The molecule has 0 atom stereocenters. The molecule has 3 heterocycles. The Morgan fingerprint density at radius 2 is 2.27 bits per heavy atom. The van der Waals surface area contributed by atoms with Crippen LogP contribution < -0.4 is 0 Å². The molecule has 0 aliphatic carbocycles. The average Bonchev–Trinajstić information content (AvgIpc) is 2.97. The van der Waals surface area contributed by atoms with Crippen LogP contribution in [0.25, 0.3) is 11.0 Å². The zero-order valence-electron chi connectivity index (χ0n) is 12.5. The smallest absolute Gasteiger partial charge is 0.341 e. The molecule has 6 nitrogen and oxygen atoms in total. The Kier molecular flexibility index (Phi) is 3.82. The standard InChI is InChI=1S/C16H16N4O2/c1-3-22-16(21)14-8-18-20(10-14)9-13-7-12-5-4-6-17-15(12)19-11(13)2/h4-8,10H,3,9H2,1-2H3. The quantitative estimate of drug-likeness (QED) is 0.691. The maximum Gasteiger partial charge on any atom is 0.341 e. The fourth-order valence-electron chi connectivity index (χ4n) is 2.24. The number of fused-ring (bicyclic) bond motifs is 1. The minimum absolute atomic E-state index is 0.352. The first kappa shape index (κ1) is 14.2. The molecule has 3 aromatic heterocycles. The van der Waals surface area contributed by atoms with Gasteiger partial charge in [-0.1, -0.05) is 0 Å². The summed E-state index contributed by atoms with van der Waals surface area (Å²) in [5.41, 5.74) is 3.13. The van der Waals surface area contributed by atoms with Crippen LogP contribution in [0.3, 0.4) is 0 Å². The van der Waals surface area contributed by atoms with E-state index in [0.717, 1.165) is 22.3 Å². The Bertz CT molecular complexity index is 826. The van der Waals surface area contributed by atoms with Gasteiger partial charge in [0, 0.05) is 23.5 Å². The van der Waals surface area contributed by atoms with Crippen LogP contribution in [0.4, 0.5) is 0 Å². The number of ether oxygens (including phenoxy) is 1. The lowest BCUT2D eigenvalue weighted by molar-refractivity contribution is 0.0526. The van der Waals surface area contributed by atoms with E-state index in [4.69, 9.17) is 4.74 Å². The summed E-state index contributed by atoms with van der Waals surface area (Å²) in [6.45, 7) is 4.62. The Hall–Kier alpha value is -2.76. The maximum atomic E-state index is 11.7. The molecule has 3 aromatic rings. The SMILES string of the molecule is CCOC(=O)c1cnn(Cc2cc3cccnc3nc2C)c1. The van der Waals surface area contributed by atoms with Crippen LogP contribution in [0.1, 0.15) is 28.5 Å². The van der Waals surface area contributed by atoms with Crippen molar-refractivity contribution in [1.29, 1.82) is 0 Å². The number of aryl methyl sites for hydroxylation is 1. The van der Waals surface area contributed by atoms with Crippen molar-refractivity contribution >= 4 is 17.0 Å². The van der Waals surface area contributed by atoms with Crippen LogP contribution in [-0.4, -0.2) is 32.3 Å². The van der Waals surface area contributed by atoms with Crippen molar-refractivity contribution in [2.75, 3.05) is 6.61 Å². The number of carbonyl (C=O) groups is 1. The van der Waals surface area contributed by atoms with Crippen LogP contribution in [-0.2, 0) is 11.3 Å². The molecule has 0 N–H and O–H groups in total. The molecule has 0 aliphatic rings. The fourth-order valence-corrected chi connectivity index (χ4v) is 2.24. The second-order valence-corrected chi connectivity index (χ2v) is 4.93. The fraction of sp³-hybridized carbons (Fsp3) is 0.250.